The number of amides is 2. The summed E-state index contributed by atoms with van der Waals surface area (Å²) in [5.41, 5.74) is 2.31. The molecule has 2 fully saturated rings. The third-order valence-corrected chi connectivity index (χ3v) is 7.39. The lowest BCUT2D eigenvalue weighted by molar-refractivity contribution is -0.128. The Bertz CT molecular complexity index is 1310. The fourth-order valence-corrected chi connectivity index (χ4v) is 5.53. The number of aryl methyl sites for hydroxylation is 1. The zero-order valence-corrected chi connectivity index (χ0v) is 22.1. The number of piperidine rings is 1. The van der Waals surface area contributed by atoms with Crippen LogP contribution in [0.3, 0.4) is 0 Å². The van der Waals surface area contributed by atoms with Gasteiger partial charge < -0.3 is 24.5 Å². The average molecular weight is 518 g/mol. The van der Waals surface area contributed by atoms with Crippen molar-refractivity contribution in [2.45, 2.75) is 38.2 Å². The van der Waals surface area contributed by atoms with E-state index >= 15 is 0 Å². The number of fused-ring (bicyclic) bond motifs is 1. The molecule has 38 heavy (non-hydrogen) atoms. The predicted octanol–water partition coefficient (Wildman–Crippen LogP) is 3.04. The standard InChI is InChI=1S/C29H35N5O4/c1-21-17-26(24-18-30-12-10-25(24)31-21)34-14-4-11-29(37,20-34)19-32(2)28(36)22-6-8-23(9-7-22)38-16-15-33-13-3-5-27(33)35/h6-10,12,17-18,37H,3-5,11,13-16,19-20H2,1-2H3/t29-/m1/s1. The summed E-state index contributed by atoms with van der Waals surface area (Å²) in [4.78, 5) is 39.4. The van der Waals surface area contributed by atoms with Gasteiger partial charge in [-0.05, 0) is 62.6 Å². The van der Waals surface area contributed by atoms with E-state index in [0.717, 1.165) is 48.2 Å². The lowest BCUT2D eigenvalue weighted by Crippen LogP contribution is -2.54. The van der Waals surface area contributed by atoms with E-state index in [9.17, 15) is 14.7 Å². The maximum Gasteiger partial charge on any atom is 0.253 e. The number of aliphatic hydroxyl groups is 1. The van der Waals surface area contributed by atoms with Crippen LogP contribution >= 0.6 is 0 Å². The van der Waals surface area contributed by atoms with Crippen molar-refractivity contribution in [3.8, 4) is 5.75 Å². The Labute approximate surface area is 223 Å². The van der Waals surface area contributed by atoms with Crippen molar-refractivity contribution in [1.82, 2.24) is 19.8 Å². The molecule has 0 aliphatic carbocycles. The molecule has 2 aliphatic heterocycles. The number of β-amino-alcohol motifs (C(OH)–C–C–N with tert-alkyl or cyclic N) is 1. The highest BCUT2D eigenvalue weighted by atomic mass is 16.5. The van der Waals surface area contributed by atoms with E-state index in [4.69, 9.17) is 4.74 Å². The third-order valence-electron chi connectivity index (χ3n) is 7.39. The highest BCUT2D eigenvalue weighted by Gasteiger charge is 2.36. The number of nitrogens with zero attached hydrogens (tertiary/aromatic N) is 5. The van der Waals surface area contributed by atoms with E-state index in [0.29, 0.717) is 43.9 Å². The van der Waals surface area contributed by atoms with Gasteiger partial charge in [0.1, 0.15) is 12.4 Å². The molecule has 1 aromatic carbocycles. The van der Waals surface area contributed by atoms with Crippen molar-refractivity contribution in [1.29, 1.82) is 0 Å². The number of anilines is 1. The first-order valence-electron chi connectivity index (χ1n) is 13.3. The number of benzene rings is 1. The van der Waals surface area contributed by atoms with Crippen LogP contribution in [0.2, 0.25) is 0 Å². The lowest BCUT2D eigenvalue weighted by atomic mass is 9.91. The van der Waals surface area contributed by atoms with Gasteiger partial charge in [0, 0.05) is 67.8 Å². The maximum absolute atomic E-state index is 13.2. The molecule has 0 unspecified atom stereocenters. The van der Waals surface area contributed by atoms with Gasteiger partial charge in [0.2, 0.25) is 5.91 Å². The average Bonchev–Trinajstić information content (AvgIpc) is 3.32. The molecular weight excluding hydrogens is 482 g/mol. The number of rotatable bonds is 8. The van der Waals surface area contributed by atoms with Gasteiger partial charge in [0.05, 0.1) is 24.2 Å². The molecule has 2 aromatic heterocycles. The van der Waals surface area contributed by atoms with E-state index in [2.05, 4.69) is 14.9 Å². The van der Waals surface area contributed by atoms with Gasteiger partial charge in [0.15, 0.2) is 0 Å². The fourth-order valence-electron chi connectivity index (χ4n) is 5.53. The van der Waals surface area contributed by atoms with Gasteiger partial charge in [-0.3, -0.25) is 19.6 Å². The highest BCUT2D eigenvalue weighted by molar-refractivity contribution is 5.94. The van der Waals surface area contributed by atoms with E-state index in [1.807, 2.05) is 30.2 Å². The second kappa shape index (κ2) is 10.9. The number of carbonyl (C=O) groups excluding carboxylic acids is 2. The number of pyridine rings is 2. The largest absolute Gasteiger partial charge is 0.492 e. The summed E-state index contributed by atoms with van der Waals surface area (Å²) in [5.74, 6) is 0.688. The van der Waals surface area contributed by atoms with Gasteiger partial charge >= 0.3 is 0 Å². The number of hydrogen-bond acceptors (Lipinski definition) is 7. The summed E-state index contributed by atoms with van der Waals surface area (Å²) in [6.45, 7) is 5.22. The highest BCUT2D eigenvalue weighted by Crippen LogP contribution is 2.32. The Morgan fingerprint density at radius 3 is 2.76 bits per heavy atom. The van der Waals surface area contributed by atoms with Crippen LogP contribution in [0.5, 0.6) is 5.75 Å². The molecule has 0 radical (unpaired) electrons. The van der Waals surface area contributed by atoms with Crippen molar-refractivity contribution < 1.29 is 19.4 Å². The van der Waals surface area contributed by atoms with Crippen LogP contribution in [0.15, 0.2) is 48.8 Å². The molecule has 1 N–H and O–H groups in total. The summed E-state index contributed by atoms with van der Waals surface area (Å²) in [6, 6.07) is 11.0. The molecule has 2 aliphatic rings. The summed E-state index contributed by atoms with van der Waals surface area (Å²) in [7, 11) is 1.73. The van der Waals surface area contributed by atoms with Crippen molar-refractivity contribution in [3.63, 3.8) is 0 Å². The van der Waals surface area contributed by atoms with Gasteiger partial charge in [0.25, 0.3) is 5.91 Å². The number of aromatic nitrogens is 2. The fraction of sp³-hybridized carbons (Fsp3) is 0.448. The number of ether oxygens (including phenoxy) is 1. The first-order chi connectivity index (χ1) is 18.3. The SMILES string of the molecule is Cc1cc(N2CCC[C@@](O)(CN(C)C(=O)c3ccc(OCCN4CCCC4=O)cc3)C2)c2cnccc2n1. The summed E-state index contributed by atoms with van der Waals surface area (Å²) >= 11 is 0. The van der Waals surface area contributed by atoms with Crippen molar-refractivity contribution in [2.75, 3.05) is 51.3 Å². The molecular formula is C29H35N5O4. The summed E-state index contributed by atoms with van der Waals surface area (Å²) in [6.07, 6.45) is 6.52. The quantitative estimate of drug-likeness (QED) is 0.490. The first-order valence-corrected chi connectivity index (χ1v) is 13.3. The van der Waals surface area contributed by atoms with Gasteiger partial charge in [-0.1, -0.05) is 0 Å². The van der Waals surface area contributed by atoms with E-state index < -0.39 is 5.60 Å². The molecule has 2 saturated heterocycles. The van der Waals surface area contributed by atoms with Crippen molar-refractivity contribution >= 4 is 28.4 Å². The molecule has 5 rings (SSSR count). The predicted molar refractivity (Wildman–Crippen MR) is 145 cm³/mol. The third kappa shape index (κ3) is 5.72. The summed E-state index contributed by atoms with van der Waals surface area (Å²) < 4.78 is 5.77. The van der Waals surface area contributed by atoms with E-state index in [1.165, 1.54) is 0 Å². The van der Waals surface area contributed by atoms with Crippen LogP contribution in [-0.2, 0) is 4.79 Å². The molecule has 0 spiro atoms. The minimum absolute atomic E-state index is 0.154. The molecule has 1 atom stereocenters. The second-order valence-electron chi connectivity index (χ2n) is 10.4. The Balaban J connectivity index is 1.20. The molecule has 0 bridgehead atoms. The lowest BCUT2D eigenvalue weighted by Gasteiger charge is -2.42. The number of hydrogen-bond donors (Lipinski definition) is 1. The monoisotopic (exact) mass is 517 g/mol. The Morgan fingerprint density at radius 2 is 2.00 bits per heavy atom. The van der Waals surface area contributed by atoms with Crippen molar-refractivity contribution in [2.24, 2.45) is 0 Å². The van der Waals surface area contributed by atoms with Crippen LogP contribution < -0.4 is 9.64 Å². The maximum atomic E-state index is 13.2. The van der Waals surface area contributed by atoms with Gasteiger partial charge in [-0.25, -0.2) is 0 Å². The van der Waals surface area contributed by atoms with E-state index in [-0.39, 0.29) is 18.4 Å². The van der Waals surface area contributed by atoms with Crippen LogP contribution in [0.1, 0.15) is 41.7 Å². The number of likely N-dealkylation sites (tertiary alicyclic amines) is 1. The minimum atomic E-state index is -1.04. The molecule has 0 saturated carbocycles. The zero-order valence-electron chi connectivity index (χ0n) is 22.1. The van der Waals surface area contributed by atoms with Crippen LogP contribution in [0.4, 0.5) is 5.69 Å². The van der Waals surface area contributed by atoms with Crippen LogP contribution in [0.25, 0.3) is 10.9 Å². The number of likely N-dealkylation sites (N-methyl/N-ethyl adjacent to an activating group) is 1. The van der Waals surface area contributed by atoms with E-state index in [1.54, 1.807) is 42.4 Å². The molecule has 9 heteroatoms. The van der Waals surface area contributed by atoms with Crippen LogP contribution in [0, 0.1) is 6.92 Å². The Hall–Kier alpha value is -3.72. The Morgan fingerprint density at radius 1 is 1.18 bits per heavy atom. The van der Waals surface area contributed by atoms with Crippen molar-refractivity contribution in [3.05, 3.63) is 60.0 Å². The molecule has 200 valence electrons. The smallest absolute Gasteiger partial charge is 0.253 e. The Kier molecular flexibility index (Phi) is 7.46. The second-order valence-corrected chi connectivity index (χ2v) is 10.4. The summed E-state index contributed by atoms with van der Waals surface area (Å²) in [5, 5.41) is 12.5. The minimum Gasteiger partial charge on any atom is -0.492 e. The topological polar surface area (TPSA) is 99.1 Å². The van der Waals surface area contributed by atoms with Gasteiger partial charge in [-0.15, -0.1) is 0 Å². The normalized spacial score (nSPS) is 19.7. The zero-order chi connectivity index (χ0) is 26.7. The number of carbonyl (C=O) groups is 2. The molecule has 3 aromatic rings. The van der Waals surface area contributed by atoms with Gasteiger partial charge in [-0.2, -0.15) is 0 Å². The first kappa shape index (κ1) is 25.9. The molecule has 4 heterocycles. The molecule has 9 nitrogen and oxygen atoms in total. The molecule has 2 amide bonds. The van der Waals surface area contributed by atoms with Crippen LogP contribution in [-0.4, -0.2) is 88.7 Å².